The Morgan fingerprint density at radius 3 is 2.80 bits per heavy atom. The van der Waals surface area contributed by atoms with Gasteiger partial charge in [-0.15, -0.1) is 0 Å². The van der Waals surface area contributed by atoms with Gasteiger partial charge in [0.2, 0.25) is 0 Å². The van der Waals surface area contributed by atoms with E-state index in [1.165, 1.54) is 18.2 Å². The fraction of sp³-hybridized carbons (Fsp3) is 0.500. The monoisotopic (exact) mass is 299 g/mol. The van der Waals surface area contributed by atoms with Crippen molar-refractivity contribution in [1.82, 2.24) is 4.90 Å². The molecule has 0 amide bonds. The van der Waals surface area contributed by atoms with E-state index in [1.54, 1.807) is 0 Å². The molecule has 2 N–H and O–H groups in total. The molecular formula is C12H17N3O4S. The number of nitrogen functional groups attached to an aromatic ring is 1. The Bertz CT molecular complexity index is 630. The van der Waals surface area contributed by atoms with Gasteiger partial charge in [0.1, 0.15) is 0 Å². The first-order chi connectivity index (χ1) is 9.28. The van der Waals surface area contributed by atoms with Gasteiger partial charge >= 0.3 is 0 Å². The third-order valence-electron chi connectivity index (χ3n) is 3.52. The Labute approximate surface area is 117 Å². The molecule has 1 aromatic carbocycles. The molecule has 1 fully saturated rings. The van der Waals surface area contributed by atoms with Gasteiger partial charge in [0.15, 0.2) is 9.84 Å². The zero-order valence-electron chi connectivity index (χ0n) is 11.2. The van der Waals surface area contributed by atoms with Crippen LogP contribution in [-0.2, 0) is 16.4 Å². The minimum Gasteiger partial charge on any atom is -0.398 e. The van der Waals surface area contributed by atoms with Crippen LogP contribution in [0.2, 0.25) is 0 Å². The van der Waals surface area contributed by atoms with E-state index in [2.05, 4.69) is 0 Å². The Balaban J connectivity index is 2.18. The van der Waals surface area contributed by atoms with Crippen LogP contribution in [0.15, 0.2) is 18.2 Å². The van der Waals surface area contributed by atoms with E-state index in [9.17, 15) is 18.5 Å². The third kappa shape index (κ3) is 3.26. The number of nitro groups is 1. The minimum absolute atomic E-state index is 0.00789. The molecule has 0 aliphatic carbocycles. The lowest BCUT2D eigenvalue weighted by Crippen LogP contribution is -2.46. The van der Waals surface area contributed by atoms with Crippen LogP contribution in [0.4, 0.5) is 11.4 Å². The molecule has 1 saturated heterocycles. The highest BCUT2D eigenvalue weighted by Crippen LogP contribution is 2.23. The van der Waals surface area contributed by atoms with E-state index in [0.29, 0.717) is 24.3 Å². The summed E-state index contributed by atoms with van der Waals surface area (Å²) in [6, 6.07) is 4.21. The van der Waals surface area contributed by atoms with Crippen molar-refractivity contribution in [1.29, 1.82) is 0 Å². The number of nitrogens with zero attached hydrogens (tertiary/aromatic N) is 2. The molecule has 0 spiro atoms. The molecule has 1 heterocycles. The number of nitro benzene ring substituents is 1. The van der Waals surface area contributed by atoms with Gasteiger partial charge in [0, 0.05) is 37.0 Å². The average molecular weight is 299 g/mol. The topological polar surface area (TPSA) is 107 Å². The molecule has 2 rings (SSSR count). The number of non-ortho nitro benzene ring substituents is 1. The first-order valence-electron chi connectivity index (χ1n) is 6.26. The van der Waals surface area contributed by atoms with Crippen LogP contribution in [0.25, 0.3) is 0 Å². The quantitative estimate of drug-likeness (QED) is 0.502. The van der Waals surface area contributed by atoms with E-state index in [4.69, 9.17) is 5.73 Å². The second-order valence-corrected chi connectivity index (χ2v) is 7.30. The number of anilines is 1. The third-order valence-corrected chi connectivity index (χ3v) is 5.31. The summed E-state index contributed by atoms with van der Waals surface area (Å²) >= 11 is 0. The zero-order chi connectivity index (χ0) is 14.9. The van der Waals surface area contributed by atoms with Gasteiger partial charge in [0.05, 0.1) is 16.4 Å². The fourth-order valence-corrected chi connectivity index (χ4v) is 3.95. The molecule has 0 radical (unpaired) electrons. The van der Waals surface area contributed by atoms with Crippen molar-refractivity contribution in [3.8, 4) is 0 Å². The van der Waals surface area contributed by atoms with Crippen molar-refractivity contribution >= 4 is 21.2 Å². The van der Waals surface area contributed by atoms with E-state index in [1.807, 2.05) is 11.8 Å². The fourth-order valence-electron chi connectivity index (χ4n) is 2.33. The molecule has 1 aromatic rings. The first kappa shape index (κ1) is 14.7. The van der Waals surface area contributed by atoms with Gasteiger partial charge in [-0.05, 0) is 18.6 Å². The van der Waals surface area contributed by atoms with E-state index in [0.717, 1.165) is 0 Å². The van der Waals surface area contributed by atoms with Gasteiger partial charge in [-0.25, -0.2) is 8.42 Å². The van der Waals surface area contributed by atoms with Crippen LogP contribution < -0.4 is 5.73 Å². The van der Waals surface area contributed by atoms with Crippen molar-refractivity contribution in [2.75, 3.05) is 23.8 Å². The van der Waals surface area contributed by atoms with E-state index >= 15 is 0 Å². The number of sulfone groups is 1. The Kier molecular flexibility index (Phi) is 3.96. The predicted octanol–water partition coefficient (Wildman–Crippen LogP) is 0.796. The summed E-state index contributed by atoms with van der Waals surface area (Å²) in [7, 11) is -2.97. The van der Waals surface area contributed by atoms with Crippen molar-refractivity contribution in [2.24, 2.45) is 0 Å². The summed E-state index contributed by atoms with van der Waals surface area (Å²) in [4.78, 5) is 12.3. The summed E-state index contributed by atoms with van der Waals surface area (Å²) < 4.78 is 23.1. The van der Waals surface area contributed by atoms with Crippen molar-refractivity contribution in [2.45, 2.75) is 19.5 Å². The molecular weight excluding hydrogens is 282 g/mol. The summed E-state index contributed by atoms with van der Waals surface area (Å²) in [5.74, 6) is 0.230. The smallest absolute Gasteiger partial charge is 0.269 e. The Morgan fingerprint density at radius 2 is 2.20 bits per heavy atom. The van der Waals surface area contributed by atoms with Gasteiger partial charge < -0.3 is 5.73 Å². The van der Waals surface area contributed by atoms with Crippen LogP contribution in [0.3, 0.4) is 0 Å². The SMILES string of the molecule is CC1CS(=O)(=O)CCN1Cc1cc([N+](=O)[O-])ccc1N. The summed E-state index contributed by atoms with van der Waals surface area (Å²) in [5, 5.41) is 10.8. The van der Waals surface area contributed by atoms with Gasteiger partial charge in [-0.3, -0.25) is 15.0 Å². The highest BCUT2D eigenvalue weighted by atomic mass is 32.2. The number of rotatable bonds is 3. The second-order valence-electron chi connectivity index (χ2n) is 5.07. The lowest BCUT2D eigenvalue weighted by Gasteiger charge is -2.33. The Hall–Kier alpha value is -1.67. The molecule has 0 aromatic heterocycles. The maximum absolute atomic E-state index is 11.5. The average Bonchev–Trinajstić information content (AvgIpc) is 2.34. The lowest BCUT2D eigenvalue weighted by atomic mass is 10.1. The molecule has 1 atom stereocenters. The zero-order valence-corrected chi connectivity index (χ0v) is 12.0. The Morgan fingerprint density at radius 1 is 1.50 bits per heavy atom. The molecule has 0 saturated carbocycles. The molecule has 110 valence electrons. The van der Waals surface area contributed by atoms with Crippen molar-refractivity contribution in [3.05, 3.63) is 33.9 Å². The molecule has 0 bridgehead atoms. The molecule has 7 nitrogen and oxygen atoms in total. The van der Waals surface area contributed by atoms with Crippen LogP contribution in [0, 0.1) is 10.1 Å². The van der Waals surface area contributed by atoms with Gasteiger partial charge in [-0.1, -0.05) is 0 Å². The van der Waals surface area contributed by atoms with Crippen LogP contribution >= 0.6 is 0 Å². The largest absolute Gasteiger partial charge is 0.398 e. The summed E-state index contributed by atoms with van der Waals surface area (Å²) in [5.41, 5.74) is 6.97. The van der Waals surface area contributed by atoms with Crippen molar-refractivity contribution in [3.63, 3.8) is 0 Å². The molecule has 20 heavy (non-hydrogen) atoms. The van der Waals surface area contributed by atoms with Crippen LogP contribution in [0.1, 0.15) is 12.5 Å². The van der Waals surface area contributed by atoms with E-state index < -0.39 is 14.8 Å². The first-order valence-corrected chi connectivity index (χ1v) is 8.08. The predicted molar refractivity (Wildman–Crippen MR) is 76.0 cm³/mol. The molecule has 8 heteroatoms. The van der Waals surface area contributed by atoms with Crippen LogP contribution in [-0.4, -0.2) is 42.3 Å². The number of hydrogen-bond donors (Lipinski definition) is 1. The minimum atomic E-state index is -2.97. The van der Waals surface area contributed by atoms with Crippen LogP contribution in [0.5, 0.6) is 0 Å². The maximum Gasteiger partial charge on any atom is 0.269 e. The molecule has 1 aliphatic heterocycles. The standard InChI is InChI=1S/C12H17N3O4S/c1-9-8-20(18,19)5-4-14(9)7-10-6-11(15(16)17)2-3-12(10)13/h2-3,6,9H,4-5,7-8,13H2,1H3. The molecule has 1 unspecified atom stereocenters. The summed E-state index contributed by atoms with van der Waals surface area (Å²) in [6.45, 7) is 2.68. The number of nitrogens with two attached hydrogens (primary N) is 1. The second kappa shape index (κ2) is 5.37. The highest BCUT2D eigenvalue weighted by Gasteiger charge is 2.28. The molecule has 1 aliphatic rings. The lowest BCUT2D eigenvalue weighted by molar-refractivity contribution is -0.384. The highest BCUT2D eigenvalue weighted by molar-refractivity contribution is 7.91. The number of hydrogen-bond acceptors (Lipinski definition) is 6. The van der Waals surface area contributed by atoms with Gasteiger partial charge in [0.25, 0.3) is 5.69 Å². The number of benzene rings is 1. The summed E-state index contributed by atoms with van der Waals surface area (Å²) in [6.07, 6.45) is 0. The normalized spacial score (nSPS) is 22.6. The van der Waals surface area contributed by atoms with Gasteiger partial charge in [-0.2, -0.15) is 0 Å². The van der Waals surface area contributed by atoms with E-state index in [-0.39, 0.29) is 23.2 Å². The van der Waals surface area contributed by atoms with Crippen molar-refractivity contribution < 1.29 is 13.3 Å². The maximum atomic E-state index is 11.5.